The predicted octanol–water partition coefficient (Wildman–Crippen LogP) is 3.68. The number of carbonyl (C=O) groups is 1. The third kappa shape index (κ3) is 4.92. The zero-order chi connectivity index (χ0) is 20.6. The fourth-order valence-electron chi connectivity index (χ4n) is 2.44. The molecule has 0 aliphatic heterocycles. The molecule has 0 unspecified atom stereocenters. The van der Waals surface area contributed by atoms with Gasteiger partial charge < -0.3 is 23.5 Å². The summed E-state index contributed by atoms with van der Waals surface area (Å²) in [7, 11) is 3.08. The largest absolute Gasteiger partial charge is 0.497 e. The summed E-state index contributed by atoms with van der Waals surface area (Å²) in [4.78, 5) is 16.6. The lowest BCUT2D eigenvalue weighted by Gasteiger charge is -2.10. The van der Waals surface area contributed by atoms with Crippen molar-refractivity contribution in [2.75, 3.05) is 20.8 Å². The maximum absolute atomic E-state index is 12.3. The highest BCUT2D eigenvalue weighted by Gasteiger charge is 2.15. The minimum absolute atomic E-state index is 0.154. The number of methoxy groups -OCH3 is 2. The summed E-state index contributed by atoms with van der Waals surface area (Å²) in [6.45, 7) is 3.77. The molecule has 3 aromatic rings. The molecule has 2 aromatic carbocycles. The van der Waals surface area contributed by atoms with Gasteiger partial charge in [-0.25, -0.2) is 4.79 Å². The Labute approximate surface area is 167 Å². The van der Waals surface area contributed by atoms with Crippen molar-refractivity contribution in [3.8, 4) is 28.6 Å². The van der Waals surface area contributed by atoms with E-state index in [-0.39, 0.29) is 12.5 Å². The third-order valence-corrected chi connectivity index (χ3v) is 3.90. The van der Waals surface area contributed by atoms with Crippen molar-refractivity contribution >= 4 is 5.97 Å². The molecule has 1 aromatic heterocycles. The van der Waals surface area contributed by atoms with E-state index in [2.05, 4.69) is 16.7 Å². The first-order valence-electron chi connectivity index (χ1n) is 8.70. The number of esters is 1. The van der Waals surface area contributed by atoms with Crippen molar-refractivity contribution in [3.63, 3.8) is 0 Å². The standard InChI is InChI=1S/C21H20N2O6/c1-4-11-27-17-10-7-15(12-18(17)26-3)21(24)28-13-19-22-20(23-29-19)14-5-8-16(25-2)9-6-14/h4-10,12H,1,11,13H2,2-3H3. The van der Waals surface area contributed by atoms with Gasteiger partial charge in [-0.2, -0.15) is 4.98 Å². The van der Waals surface area contributed by atoms with Crippen LogP contribution in [0, 0.1) is 0 Å². The van der Waals surface area contributed by atoms with E-state index in [0.29, 0.717) is 29.5 Å². The fraction of sp³-hybridized carbons (Fsp3) is 0.190. The zero-order valence-corrected chi connectivity index (χ0v) is 16.1. The van der Waals surface area contributed by atoms with Crippen LogP contribution in [-0.2, 0) is 11.3 Å². The number of hydrogen-bond acceptors (Lipinski definition) is 8. The van der Waals surface area contributed by atoms with Crippen molar-refractivity contribution in [1.82, 2.24) is 10.1 Å². The lowest BCUT2D eigenvalue weighted by atomic mass is 10.2. The van der Waals surface area contributed by atoms with Crippen LogP contribution < -0.4 is 14.2 Å². The van der Waals surface area contributed by atoms with Crippen LogP contribution in [0.3, 0.4) is 0 Å². The van der Waals surface area contributed by atoms with Gasteiger partial charge in [0.1, 0.15) is 12.4 Å². The van der Waals surface area contributed by atoms with E-state index in [4.69, 9.17) is 23.5 Å². The summed E-state index contributed by atoms with van der Waals surface area (Å²) in [5.74, 6) is 1.67. The van der Waals surface area contributed by atoms with Gasteiger partial charge in [-0.05, 0) is 42.5 Å². The number of ether oxygens (including phenoxy) is 4. The van der Waals surface area contributed by atoms with Crippen LogP contribution in [0.1, 0.15) is 16.2 Å². The van der Waals surface area contributed by atoms with Crippen LogP contribution in [0.25, 0.3) is 11.4 Å². The van der Waals surface area contributed by atoms with Crippen molar-refractivity contribution in [1.29, 1.82) is 0 Å². The van der Waals surface area contributed by atoms with E-state index in [0.717, 1.165) is 11.3 Å². The lowest BCUT2D eigenvalue weighted by Crippen LogP contribution is -2.06. The highest BCUT2D eigenvalue weighted by molar-refractivity contribution is 5.90. The van der Waals surface area contributed by atoms with Crippen LogP contribution in [0.15, 0.2) is 59.6 Å². The molecule has 3 rings (SSSR count). The number of aromatic nitrogens is 2. The minimum Gasteiger partial charge on any atom is -0.497 e. The molecular formula is C21H20N2O6. The Hall–Kier alpha value is -3.81. The Kier molecular flexibility index (Phi) is 6.47. The van der Waals surface area contributed by atoms with Crippen LogP contribution in [-0.4, -0.2) is 36.9 Å². The average molecular weight is 396 g/mol. The second-order valence-corrected chi connectivity index (χ2v) is 5.78. The highest BCUT2D eigenvalue weighted by Crippen LogP contribution is 2.28. The highest BCUT2D eigenvalue weighted by atomic mass is 16.6. The van der Waals surface area contributed by atoms with Gasteiger partial charge in [0.25, 0.3) is 5.89 Å². The molecule has 0 aliphatic rings. The molecule has 150 valence electrons. The predicted molar refractivity (Wildman–Crippen MR) is 104 cm³/mol. The molecule has 0 N–H and O–H groups in total. The van der Waals surface area contributed by atoms with Gasteiger partial charge in [0.2, 0.25) is 5.82 Å². The number of hydrogen-bond donors (Lipinski definition) is 0. The Balaban J connectivity index is 1.63. The second kappa shape index (κ2) is 9.41. The van der Waals surface area contributed by atoms with Crippen molar-refractivity contribution in [2.24, 2.45) is 0 Å². The minimum atomic E-state index is -0.553. The van der Waals surface area contributed by atoms with Gasteiger partial charge in [0.15, 0.2) is 18.1 Å². The number of rotatable bonds is 9. The molecule has 0 saturated heterocycles. The van der Waals surface area contributed by atoms with Crippen LogP contribution >= 0.6 is 0 Å². The lowest BCUT2D eigenvalue weighted by molar-refractivity contribution is 0.0429. The molecule has 0 saturated carbocycles. The Morgan fingerprint density at radius 1 is 1.10 bits per heavy atom. The first-order valence-corrected chi connectivity index (χ1v) is 8.70. The molecule has 0 aliphatic carbocycles. The summed E-state index contributed by atoms with van der Waals surface area (Å²) >= 11 is 0. The average Bonchev–Trinajstić information content (AvgIpc) is 3.25. The monoisotopic (exact) mass is 396 g/mol. The normalized spacial score (nSPS) is 10.3. The summed E-state index contributed by atoms with van der Waals surface area (Å²) in [6.07, 6.45) is 1.62. The molecule has 0 fully saturated rings. The fourth-order valence-corrected chi connectivity index (χ4v) is 2.44. The summed E-state index contributed by atoms with van der Waals surface area (Å²) in [6, 6.07) is 12.0. The van der Waals surface area contributed by atoms with E-state index in [9.17, 15) is 4.79 Å². The summed E-state index contributed by atoms with van der Waals surface area (Å²) in [5, 5.41) is 3.90. The van der Waals surface area contributed by atoms with E-state index in [1.54, 1.807) is 37.5 Å². The summed E-state index contributed by atoms with van der Waals surface area (Å²) < 4.78 is 26.2. The van der Waals surface area contributed by atoms with E-state index in [1.165, 1.54) is 13.2 Å². The van der Waals surface area contributed by atoms with Gasteiger partial charge in [0.05, 0.1) is 19.8 Å². The molecule has 0 bridgehead atoms. The zero-order valence-electron chi connectivity index (χ0n) is 16.1. The van der Waals surface area contributed by atoms with Gasteiger partial charge in [-0.1, -0.05) is 17.8 Å². The maximum Gasteiger partial charge on any atom is 0.338 e. The number of benzene rings is 2. The van der Waals surface area contributed by atoms with Gasteiger partial charge in [-0.15, -0.1) is 0 Å². The van der Waals surface area contributed by atoms with Crippen molar-refractivity contribution in [2.45, 2.75) is 6.61 Å². The van der Waals surface area contributed by atoms with Crippen LogP contribution in [0.5, 0.6) is 17.2 Å². The molecule has 8 heteroatoms. The second-order valence-electron chi connectivity index (χ2n) is 5.78. The maximum atomic E-state index is 12.3. The quantitative estimate of drug-likeness (QED) is 0.399. The van der Waals surface area contributed by atoms with Crippen LogP contribution in [0.4, 0.5) is 0 Å². The molecule has 1 heterocycles. The van der Waals surface area contributed by atoms with Gasteiger partial charge in [0, 0.05) is 5.56 Å². The van der Waals surface area contributed by atoms with Crippen LogP contribution in [0.2, 0.25) is 0 Å². The SMILES string of the molecule is C=CCOc1ccc(C(=O)OCc2nc(-c3ccc(OC)cc3)no2)cc1OC. The number of nitrogens with zero attached hydrogens (tertiary/aromatic N) is 2. The Bertz CT molecular complexity index is 981. The van der Waals surface area contributed by atoms with Crippen molar-refractivity contribution in [3.05, 3.63) is 66.6 Å². The third-order valence-electron chi connectivity index (χ3n) is 3.90. The van der Waals surface area contributed by atoms with Gasteiger partial charge >= 0.3 is 5.97 Å². The summed E-state index contributed by atoms with van der Waals surface area (Å²) in [5.41, 5.74) is 1.06. The smallest absolute Gasteiger partial charge is 0.338 e. The molecule has 0 atom stereocenters. The molecule has 0 radical (unpaired) electrons. The first kappa shape index (κ1) is 19.9. The Morgan fingerprint density at radius 2 is 1.90 bits per heavy atom. The molecular weight excluding hydrogens is 376 g/mol. The van der Waals surface area contributed by atoms with E-state index >= 15 is 0 Å². The topological polar surface area (TPSA) is 92.9 Å². The molecule has 29 heavy (non-hydrogen) atoms. The Morgan fingerprint density at radius 3 is 2.59 bits per heavy atom. The number of carbonyl (C=O) groups excluding carboxylic acids is 1. The van der Waals surface area contributed by atoms with Crippen molar-refractivity contribution < 1.29 is 28.3 Å². The molecule has 0 amide bonds. The van der Waals surface area contributed by atoms with Gasteiger partial charge in [-0.3, -0.25) is 0 Å². The van der Waals surface area contributed by atoms with E-state index in [1.807, 2.05) is 12.1 Å². The van der Waals surface area contributed by atoms with E-state index < -0.39 is 5.97 Å². The molecule has 8 nitrogen and oxygen atoms in total. The molecule has 0 spiro atoms. The first-order chi connectivity index (χ1) is 14.1.